The number of aromatic carboxylic acids is 1. The van der Waals surface area contributed by atoms with Crippen molar-refractivity contribution in [3.05, 3.63) is 35.4 Å². The lowest BCUT2D eigenvalue weighted by Crippen LogP contribution is -2.41. The minimum Gasteiger partial charge on any atom is -0.478 e. The maximum absolute atomic E-state index is 12.4. The summed E-state index contributed by atoms with van der Waals surface area (Å²) >= 11 is 0. The molecule has 1 atom stereocenters. The fourth-order valence-corrected chi connectivity index (χ4v) is 2.61. The third-order valence-corrected chi connectivity index (χ3v) is 3.90. The van der Waals surface area contributed by atoms with Crippen LogP contribution in [0.4, 0.5) is 0 Å². The molecule has 1 saturated heterocycles. The molecule has 0 spiro atoms. The first kappa shape index (κ1) is 14.5. The molecule has 1 aliphatic rings. The smallest absolute Gasteiger partial charge is 0.336 e. The summed E-state index contributed by atoms with van der Waals surface area (Å²) in [5.41, 5.74) is 0.269. The number of carboxylic acids is 1. The van der Waals surface area contributed by atoms with E-state index < -0.39 is 5.97 Å². The van der Waals surface area contributed by atoms with Gasteiger partial charge in [0.05, 0.1) is 17.2 Å². The molecule has 108 valence electrons. The summed E-state index contributed by atoms with van der Waals surface area (Å²) in [6.07, 6.45) is 1.13. The van der Waals surface area contributed by atoms with Crippen molar-refractivity contribution in [2.75, 3.05) is 13.1 Å². The maximum atomic E-state index is 12.4. The molecule has 0 radical (unpaired) electrons. The Morgan fingerprint density at radius 3 is 2.25 bits per heavy atom. The highest BCUT2D eigenvalue weighted by atomic mass is 16.4. The SMILES string of the molecule is CC(O)C1CCN(C(=O)c2ccccc2C(=O)O)CC1. The second-order valence-electron chi connectivity index (χ2n) is 5.22. The summed E-state index contributed by atoms with van der Waals surface area (Å²) in [4.78, 5) is 25.2. The summed E-state index contributed by atoms with van der Waals surface area (Å²) < 4.78 is 0. The molecular formula is C15H19NO4. The van der Waals surface area contributed by atoms with Crippen LogP contribution in [0.25, 0.3) is 0 Å². The molecule has 0 saturated carbocycles. The molecule has 5 nitrogen and oxygen atoms in total. The molecule has 1 heterocycles. The zero-order chi connectivity index (χ0) is 14.7. The molecule has 2 N–H and O–H groups in total. The van der Waals surface area contributed by atoms with Crippen molar-refractivity contribution < 1.29 is 19.8 Å². The monoisotopic (exact) mass is 277 g/mol. The number of carbonyl (C=O) groups is 2. The molecule has 1 aromatic rings. The van der Waals surface area contributed by atoms with Gasteiger partial charge >= 0.3 is 5.97 Å². The van der Waals surface area contributed by atoms with Gasteiger partial charge in [-0.2, -0.15) is 0 Å². The molecule has 2 rings (SSSR count). The normalized spacial score (nSPS) is 17.8. The van der Waals surface area contributed by atoms with Crippen LogP contribution in [0.1, 0.15) is 40.5 Å². The Bertz CT molecular complexity index is 504. The van der Waals surface area contributed by atoms with E-state index in [1.165, 1.54) is 6.07 Å². The van der Waals surface area contributed by atoms with Crippen molar-refractivity contribution in [1.29, 1.82) is 0 Å². The first-order chi connectivity index (χ1) is 9.50. The number of hydrogen-bond acceptors (Lipinski definition) is 3. The van der Waals surface area contributed by atoms with Gasteiger partial charge < -0.3 is 15.1 Å². The largest absolute Gasteiger partial charge is 0.478 e. The van der Waals surface area contributed by atoms with Crippen LogP contribution in [0.3, 0.4) is 0 Å². The van der Waals surface area contributed by atoms with Gasteiger partial charge in [-0.25, -0.2) is 4.79 Å². The summed E-state index contributed by atoms with van der Waals surface area (Å²) in [7, 11) is 0. The van der Waals surface area contributed by atoms with Crippen LogP contribution >= 0.6 is 0 Å². The third-order valence-electron chi connectivity index (χ3n) is 3.90. The zero-order valence-electron chi connectivity index (χ0n) is 11.5. The van der Waals surface area contributed by atoms with Crippen molar-refractivity contribution in [1.82, 2.24) is 4.90 Å². The Morgan fingerprint density at radius 1 is 1.20 bits per heavy atom. The number of amides is 1. The maximum Gasteiger partial charge on any atom is 0.336 e. The first-order valence-corrected chi connectivity index (χ1v) is 6.80. The Balaban J connectivity index is 2.12. The van der Waals surface area contributed by atoms with Gasteiger partial charge in [-0.05, 0) is 37.8 Å². The number of nitrogens with zero attached hydrogens (tertiary/aromatic N) is 1. The highest BCUT2D eigenvalue weighted by Gasteiger charge is 2.27. The minimum absolute atomic E-state index is 0.0372. The van der Waals surface area contributed by atoms with Crippen LogP contribution in [-0.4, -0.2) is 46.2 Å². The minimum atomic E-state index is -1.09. The Hall–Kier alpha value is -1.88. The number of likely N-dealkylation sites (tertiary alicyclic amines) is 1. The molecule has 0 aromatic heterocycles. The number of carbonyl (C=O) groups excluding carboxylic acids is 1. The summed E-state index contributed by atoms with van der Waals surface area (Å²) in [5.74, 6) is -1.12. The number of benzene rings is 1. The molecule has 5 heteroatoms. The quantitative estimate of drug-likeness (QED) is 0.880. The average molecular weight is 277 g/mol. The van der Waals surface area contributed by atoms with Crippen LogP contribution in [0, 0.1) is 5.92 Å². The average Bonchev–Trinajstić information content (AvgIpc) is 2.46. The second-order valence-corrected chi connectivity index (χ2v) is 5.22. The van der Waals surface area contributed by atoms with Gasteiger partial charge in [0.25, 0.3) is 5.91 Å². The van der Waals surface area contributed by atoms with Crippen molar-refractivity contribution in [2.45, 2.75) is 25.9 Å². The standard InChI is InChI=1S/C15H19NO4/c1-10(17)11-6-8-16(9-7-11)14(18)12-4-2-3-5-13(12)15(19)20/h2-5,10-11,17H,6-9H2,1H3,(H,19,20). The van der Waals surface area contributed by atoms with E-state index in [2.05, 4.69) is 0 Å². The van der Waals surface area contributed by atoms with Crippen LogP contribution in [0.5, 0.6) is 0 Å². The van der Waals surface area contributed by atoms with Crippen LogP contribution in [0.15, 0.2) is 24.3 Å². The van der Waals surface area contributed by atoms with Crippen LogP contribution < -0.4 is 0 Å². The van der Waals surface area contributed by atoms with E-state index >= 15 is 0 Å². The highest BCUT2D eigenvalue weighted by Crippen LogP contribution is 2.22. The summed E-state index contributed by atoms with van der Waals surface area (Å²) in [6.45, 7) is 2.88. The predicted molar refractivity (Wildman–Crippen MR) is 73.7 cm³/mol. The number of aliphatic hydroxyl groups excluding tert-OH is 1. The van der Waals surface area contributed by atoms with Crippen LogP contribution in [-0.2, 0) is 0 Å². The van der Waals surface area contributed by atoms with E-state index in [-0.39, 0.29) is 29.1 Å². The van der Waals surface area contributed by atoms with Crippen molar-refractivity contribution in [3.63, 3.8) is 0 Å². The van der Waals surface area contributed by atoms with Gasteiger partial charge in [0.15, 0.2) is 0 Å². The predicted octanol–water partition coefficient (Wildman–Crippen LogP) is 1.62. The van der Waals surface area contributed by atoms with Gasteiger partial charge in [0, 0.05) is 13.1 Å². The Kier molecular flexibility index (Phi) is 4.39. The van der Waals surface area contributed by atoms with Gasteiger partial charge in [-0.15, -0.1) is 0 Å². The zero-order valence-corrected chi connectivity index (χ0v) is 11.5. The fourth-order valence-electron chi connectivity index (χ4n) is 2.61. The molecule has 1 aliphatic heterocycles. The number of piperidine rings is 1. The molecular weight excluding hydrogens is 258 g/mol. The van der Waals surface area contributed by atoms with Gasteiger partial charge in [0.2, 0.25) is 0 Å². The first-order valence-electron chi connectivity index (χ1n) is 6.80. The van der Waals surface area contributed by atoms with Crippen molar-refractivity contribution >= 4 is 11.9 Å². The fraction of sp³-hybridized carbons (Fsp3) is 0.467. The van der Waals surface area contributed by atoms with E-state index in [0.29, 0.717) is 13.1 Å². The number of carboxylic acid groups (broad SMARTS) is 1. The second kappa shape index (κ2) is 6.05. The number of aliphatic hydroxyl groups is 1. The van der Waals surface area contributed by atoms with Crippen LogP contribution in [0.2, 0.25) is 0 Å². The lowest BCUT2D eigenvalue weighted by Gasteiger charge is -2.33. The van der Waals surface area contributed by atoms with E-state index in [1.807, 2.05) is 0 Å². The lowest BCUT2D eigenvalue weighted by atomic mass is 9.91. The highest BCUT2D eigenvalue weighted by molar-refractivity contribution is 6.04. The summed E-state index contributed by atoms with van der Waals surface area (Å²) in [6, 6.07) is 6.27. The molecule has 20 heavy (non-hydrogen) atoms. The van der Waals surface area contributed by atoms with Crippen molar-refractivity contribution in [2.24, 2.45) is 5.92 Å². The summed E-state index contributed by atoms with van der Waals surface area (Å²) in [5, 5.41) is 18.7. The van der Waals surface area contributed by atoms with E-state index in [1.54, 1.807) is 30.0 Å². The van der Waals surface area contributed by atoms with Gasteiger partial charge in [-0.3, -0.25) is 4.79 Å². The van der Waals surface area contributed by atoms with E-state index in [0.717, 1.165) is 12.8 Å². The molecule has 1 amide bonds. The van der Waals surface area contributed by atoms with Gasteiger partial charge in [0.1, 0.15) is 0 Å². The molecule has 0 bridgehead atoms. The molecule has 0 aliphatic carbocycles. The number of rotatable bonds is 3. The van der Waals surface area contributed by atoms with Gasteiger partial charge in [-0.1, -0.05) is 12.1 Å². The third kappa shape index (κ3) is 2.99. The topological polar surface area (TPSA) is 77.8 Å². The van der Waals surface area contributed by atoms with E-state index in [9.17, 15) is 14.7 Å². The lowest BCUT2D eigenvalue weighted by molar-refractivity contribution is 0.0515. The molecule has 1 fully saturated rings. The Morgan fingerprint density at radius 2 is 1.75 bits per heavy atom. The Labute approximate surface area is 117 Å². The van der Waals surface area contributed by atoms with Crippen molar-refractivity contribution in [3.8, 4) is 0 Å². The molecule has 1 unspecified atom stereocenters. The molecule has 1 aromatic carbocycles. The number of hydrogen-bond donors (Lipinski definition) is 2. The van der Waals surface area contributed by atoms with E-state index in [4.69, 9.17) is 5.11 Å².